The average Bonchev–Trinajstić information content (AvgIpc) is 3.31. The molecule has 0 bridgehead atoms. The van der Waals surface area contributed by atoms with E-state index < -0.39 is 0 Å². The Morgan fingerprint density at radius 2 is 1.63 bits per heavy atom. The number of nitrogens with zero attached hydrogens (tertiary/aromatic N) is 1. The highest BCUT2D eigenvalue weighted by Crippen LogP contribution is 2.57. The Morgan fingerprint density at radius 1 is 0.947 bits per heavy atom. The van der Waals surface area contributed by atoms with Crippen LogP contribution in [0.25, 0.3) is 0 Å². The number of urea groups is 1. The summed E-state index contributed by atoms with van der Waals surface area (Å²) in [7, 11) is 0. The lowest BCUT2D eigenvalue weighted by Crippen LogP contribution is -2.49. The van der Waals surface area contributed by atoms with E-state index in [0.29, 0.717) is 11.5 Å². The maximum Gasteiger partial charge on any atom is 0.317 e. The van der Waals surface area contributed by atoms with Crippen LogP contribution in [-0.2, 0) is 0 Å². The van der Waals surface area contributed by atoms with Crippen molar-refractivity contribution in [1.82, 2.24) is 10.2 Å². The highest BCUT2D eigenvalue weighted by Gasteiger charge is 2.52. The van der Waals surface area contributed by atoms with Crippen molar-refractivity contribution in [3.63, 3.8) is 0 Å². The number of carbonyl (C=O) groups is 1. The normalized spacial score (nSPS) is 33.7. The van der Waals surface area contributed by atoms with Crippen molar-refractivity contribution in [2.45, 2.75) is 63.8 Å². The first-order valence-corrected chi connectivity index (χ1v) is 8.32. The van der Waals surface area contributed by atoms with Gasteiger partial charge in [-0.05, 0) is 68.6 Å². The van der Waals surface area contributed by atoms with Gasteiger partial charge in [-0.25, -0.2) is 4.79 Å². The molecular formula is C16H26N2O. The van der Waals surface area contributed by atoms with E-state index in [1.807, 2.05) is 0 Å². The van der Waals surface area contributed by atoms with Crippen molar-refractivity contribution < 1.29 is 4.79 Å². The van der Waals surface area contributed by atoms with Gasteiger partial charge in [-0.2, -0.15) is 0 Å². The molecule has 0 radical (unpaired) electrons. The monoisotopic (exact) mass is 262 g/mol. The molecule has 1 aliphatic heterocycles. The van der Waals surface area contributed by atoms with Crippen LogP contribution in [0.5, 0.6) is 0 Å². The molecule has 3 saturated carbocycles. The fourth-order valence-electron chi connectivity index (χ4n) is 4.50. The summed E-state index contributed by atoms with van der Waals surface area (Å²) in [6.45, 7) is 1.99. The summed E-state index contributed by atoms with van der Waals surface area (Å²) in [6, 6.07) is 0.716. The molecule has 19 heavy (non-hydrogen) atoms. The number of hydrogen-bond acceptors (Lipinski definition) is 1. The molecule has 3 nitrogen and oxygen atoms in total. The van der Waals surface area contributed by atoms with Crippen LogP contribution in [0.4, 0.5) is 4.79 Å². The molecule has 4 rings (SSSR count). The summed E-state index contributed by atoms with van der Waals surface area (Å²) >= 11 is 0. The molecule has 1 spiro atoms. The molecule has 1 unspecified atom stereocenters. The van der Waals surface area contributed by atoms with Gasteiger partial charge in [0.25, 0.3) is 0 Å². The van der Waals surface area contributed by atoms with Crippen molar-refractivity contribution in [3.05, 3.63) is 0 Å². The summed E-state index contributed by atoms with van der Waals surface area (Å²) in [6.07, 6.45) is 12.0. The molecule has 0 aromatic rings. The van der Waals surface area contributed by atoms with Crippen LogP contribution >= 0.6 is 0 Å². The number of carbonyl (C=O) groups excluding carboxylic acids is 1. The molecule has 106 valence electrons. The van der Waals surface area contributed by atoms with Crippen LogP contribution in [0.2, 0.25) is 0 Å². The van der Waals surface area contributed by atoms with Crippen LogP contribution in [0.15, 0.2) is 0 Å². The third-order valence-electron chi connectivity index (χ3n) is 6.21. The maximum absolute atomic E-state index is 12.4. The zero-order chi connectivity index (χ0) is 12.9. The minimum Gasteiger partial charge on any atom is -0.335 e. The summed E-state index contributed by atoms with van der Waals surface area (Å²) in [5.41, 5.74) is 0.530. The minimum atomic E-state index is 0.229. The topological polar surface area (TPSA) is 32.3 Å². The molecule has 3 heteroatoms. The maximum atomic E-state index is 12.4. The molecule has 1 N–H and O–H groups in total. The summed E-state index contributed by atoms with van der Waals surface area (Å²) in [5.74, 6) is 1.93. The van der Waals surface area contributed by atoms with E-state index in [0.717, 1.165) is 24.9 Å². The highest BCUT2D eigenvalue weighted by molar-refractivity contribution is 5.74. The lowest BCUT2D eigenvalue weighted by molar-refractivity contribution is 0.158. The predicted molar refractivity (Wildman–Crippen MR) is 74.9 cm³/mol. The standard InChI is InChI=1S/C16H26N2O/c19-15(17-14-2-1-7-16(14)8-9-16)18-10-5-13(6-11-18)12-3-4-12/h12-14H,1-11H2,(H,17,19). The van der Waals surface area contributed by atoms with Gasteiger partial charge >= 0.3 is 6.03 Å². The van der Waals surface area contributed by atoms with E-state index in [-0.39, 0.29) is 6.03 Å². The lowest BCUT2D eigenvalue weighted by atomic mass is 9.92. The smallest absolute Gasteiger partial charge is 0.317 e. The zero-order valence-corrected chi connectivity index (χ0v) is 11.9. The first-order valence-electron chi connectivity index (χ1n) is 8.32. The van der Waals surface area contributed by atoms with Gasteiger partial charge in [0, 0.05) is 19.1 Å². The molecule has 4 aliphatic rings. The van der Waals surface area contributed by atoms with Crippen LogP contribution in [0, 0.1) is 17.3 Å². The number of hydrogen-bond donors (Lipinski definition) is 1. The molecule has 1 saturated heterocycles. The van der Waals surface area contributed by atoms with Crippen LogP contribution in [0.1, 0.15) is 57.8 Å². The van der Waals surface area contributed by atoms with E-state index in [1.165, 1.54) is 57.8 Å². The predicted octanol–water partition coefficient (Wildman–Crippen LogP) is 3.15. The van der Waals surface area contributed by atoms with Crippen LogP contribution < -0.4 is 5.32 Å². The molecule has 4 fully saturated rings. The van der Waals surface area contributed by atoms with Crippen LogP contribution in [-0.4, -0.2) is 30.1 Å². The summed E-state index contributed by atoms with van der Waals surface area (Å²) in [5, 5.41) is 3.35. The number of rotatable bonds is 2. The molecule has 2 amide bonds. The fraction of sp³-hybridized carbons (Fsp3) is 0.938. The van der Waals surface area contributed by atoms with Gasteiger partial charge in [0.1, 0.15) is 0 Å². The van der Waals surface area contributed by atoms with Gasteiger partial charge in [-0.1, -0.05) is 6.42 Å². The van der Waals surface area contributed by atoms with Crippen molar-refractivity contribution in [2.24, 2.45) is 17.3 Å². The second-order valence-corrected chi connectivity index (χ2v) is 7.42. The largest absolute Gasteiger partial charge is 0.335 e. The lowest BCUT2D eigenvalue weighted by Gasteiger charge is -2.33. The molecule has 0 aromatic carbocycles. The van der Waals surface area contributed by atoms with E-state index in [2.05, 4.69) is 10.2 Å². The molecular weight excluding hydrogens is 236 g/mol. The van der Waals surface area contributed by atoms with E-state index in [4.69, 9.17) is 0 Å². The van der Waals surface area contributed by atoms with E-state index in [9.17, 15) is 4.79 Å². The summed E-state index contributed by atoms with van der Waals surface area (Å²) in [4.78, 5) is 14.5. The third kappa shape index (κ3) is 2.25. The molecule has 1 heterocycles. The number of likely N-dealkylation sites (tertiary alicyclic amines) is 1. The minimum absolute atomic E-state index is 0.229. The van der Waals surface area contributed by atoms with Gasteiger partial charge < -0.3 is 10.2 Å². The Labute approximate surface area is 116 Å². The molecule has 3 aliphatic carbocycles. The Balaban J connectivity index is 1.29. The SMILES string of the molecule is O=C(NC1CCCC12CC2)N1CCC(C2CC2)CC1. The highest BCUT2D eigenvalue weighted by atomic mass is 16.2. The van der Waals surface area contributed by atoms with Gasteiger partial charge in [-0.3, -0.25) is 0 Å². The van der Waals surface area contributed by atoms with Crippen molar-refractivity contribution in [3.8, 4) is 0 Å². The molecule has 0 aromatic heterocycles. The van der Waals surface area contributed by atoms with Crippen molar-refractivity contribution in [1.29, 1.82) is 0 Å². The van der Waals surface area contributed by atoms with Crippen molar-refractivity contribution >= 4 is 6.03 Å². The zero-order valence-electron chi connectivity index (χ0n) is 11.9. The Hall–Kier alpha value is -0.730. The fourth-order valence-corrected chi connectivity index (χ4v) is 4.50. The number of nitrogens with one attached hydrogen (secondary N) is 1. The van der Waals surface area contributed by atoms with Crippen LogP contribution in [0.3, 0.4) is 0 Å². The average molecular weight is 262 g/mol. The van der Waals surface area contributed by atoms with Gasteiger partial charge in [0.05, 0.1) is 0 Å². The summed E-state index contributed by atoms with van der Waals surface area (Å²) < 4.78 is 0. The second-order valence-electron chi connectivity index (χ2n) is 7.42. The third-order valence-corrected chi connectivity index (χ3v) is 6.21. The van der Waals surface area contributed by atoms with Gasteiger partial charge in [0.2, 0.25) is 0 Å². The second kappa shape index (κ2) is 4.39. The Bertz CT molecular complexity index is 365. The first kappa shape index (κ1) is 12.0. The Kier molecular flexibility index (Phi) is 2.78. The molecule has 1 atom stereocenters. The first-order chi connectivity index (χ1) is 9.27. The van der Waals surface area contributed by atoms with Crippen molar-refractivity contribution in [2.75, 3.05) is 13.1 Å². The number of amides is 2. The Morgan fingerprint density at radius 3 is 2.26 bits per heavy atom. The van der Waals surface area contributed by atoms with E-state index >= 15 is 0 Å². The quantitative estimate of drug-likeness (QED) is 0.814. The van der Waals surface area contributed by atoms with E-state index in [1.54, 1.807) is 0 Å². The number of piperidine rings is 1. The van der Waals surface area contributed by atoms with Gasteiger partial charge in [-0.15, -0.1) is 0 Å². The van der Waals surface area contributed by atoms with Gasteiger partial charge in [0.15, 0.2) is 0 Å².